The number of ether oxygens (including phenoxy) is 1. The Morgan fingerprint density at radius 1 is 1.31 bits per heavy atom. The van der Waals surface area contributed by atoms with Crippen LogP contribution >= 0.6 is 11.6 Å². The van der Waals surface area contributed by atoms with Crippen LogP contribution in [0.15, 0.2) is 42.5 Å². The number of halogens is 1. The normalized spacial score (nSPS) is 15.5. The molecule has 0 saturated carbocycles. The van der Waals surface area contributed by atoms with Crippen LogP contribution in [0.25, 0.3) is 0 Å². The monoisotopic (exact) mass is 374 g/mol. The Balaban J connectivity index is 1.74. The minimum absolute atomic E-state index is 0.0564. The third kappa shape index (κ3) is 3.39. The van der Waals surface area contributed by atoms with E-state index in [1.54, 1.807) is 4.90 Å². The maximum Gasteiger partial charge on any atom is 0.345 e. The van der Waals surface area contributed by atoms with Gasteiger partial charge in [-0.2, -0.15) is 0 Å². The molecule has 8 heteroatoms. The summed E-state index contributed by atoms with van der Waals surface area (Å²) in [6.45, 7) is 1.39. The van der Waals surface area contributed by atoms with Crippen molar-refractivity contribution in [1.29, 1.82) is 0 Å². The maximum atomic E-state index is 12.5. The smallest absolute Gasteiger partial charge is 0.345 e. The summed E-state index contributed by atoms with van der Waals surface area (Å²) in [5, 5.41) is 11.2. The summed E-state index contributed by atoms with van der Waals surface area (Å²) in [5.74, 6) is -1.35. The molecule has 134 valence electrons. The summed E-state index contributed by atoms with van der Waals surface area (Å²) >= 11 is 5.80. The van der Waals surface area contributed by atoms with Crippen LogP contribution in [-0.4, -0.2) is 29.4 Å². The highest BCUT2D eigenvalue weighted by Gasteiger charge is 2.31. The van der Waals surface area contributed by atoms with E-state index in [1.807, 2.05) is 31.2 Å². The molecule has 1 amide bonds. The second kappa shape index (κ2) is 7.13. The van der Waals surface area contributed by atoms with Crippen molar-refractivity contribution in [2.24, 2.45) is 0 Å². The molecule has 1 aliphatic rings. The number of carbonyl (C=O) groups is 2. The van der Waals surface area contributed by atoms with Gasteiger partial charge in [-0.3, -0.25) is 14.9 Å². The fourth-order valence-corrected chi connectivity index (χ4v) is 3.22. The Hall–Kier alpha value is -2.93. The quantitative estimate of drug-likeness (QED) is 0.465. The number of carbonyl (C=O) groups excluding carboxylic acids is 2. The van der Waals surface area contributed by atoms with Gasteiger partial charge in [0.2, 0.25) is 0 Å². The zero-order valence-electron chi connectivity index (χ0n) is 13.8. The number of para-hydroxylation sites is 1. The van der Waals surface area contributed by atoms with Crippen LogP contribution < -0.4 is 4.90 Å². The molecule has 0 fully saturated rings. The first-order valence-electron chi connectivity index (χ1n) is 7.89. The molecule has 7 nitrogen and oxygen atoms in total. The molecule has 1 heterocycles. The van der Waals surface area contributed by atoms with Crippen molar-refractivity contribution in [1.82, 2.24) is 0 Å². The van der Waals surface area contributed by atoms with E-state index < -0.39 is 23.2 Å². The van der Waals surface area contributed by atoms with E-state index in [2.05, 4.69) is 0 Å². The van der Waals surface area contributed by atoms with E-state index in [0.717, 1.165) is 29.8 Å². The maximum absolute atomic E-state index is 12.5. The van der Waals surface area contributed by atoms with Crippen LogP contribution in [0.5, 0.6) is 0 Å². The Kier molecular flexibility index (Phi) is 4.90. The first kappa shape index (κ1) is 17.9. The van der Waals surface area contributed by atoms with Crippen LogP contribution in [0, 0.1) is 10.1 Å². The Labute approximate surface area is 154 Å². The van der Waals surface area contributed by atoms with Crippen molar-refractivity contribution in [2.45, 2.75) is 19.4 Å². The molecule has 0 spiro atoms. The van der Waals surface area contributed by atoms with Gasteiger partial charge < -0.3 is 9.64 Å². The molecule has 1 atom stereocenters. The first-order chi connectivity index (χ1) is 12.4. The fraction of sp³-hybridized carbons (Fsp3) is 0.222. The van der Waals surface area contributed by atoms with Gasteiger partial charge >= 0.3 is 5.97 Å². The van der Waals surface area contributed by atoms with Crippen molar-refractivity contribution < 1.29 is 19.2 Å². The number of nitrogens with zero attached hydrogens (tertiary/aromatic N) is 2. The lowest BCUT2D eigenvalue weighted by Crippen LogP contribution is -2.38. The lowest BCUT2D eigenvalue weighted by Gasteiger charge is -2.22. The zero-order valence-corrected chi connectivity index (χ0v) is 14.6. The number of anilines is 1. The van der Waals surface area contributed by atoms with Gasteiger partial charge in [-0.05, 0) is 37.1 Å². The van der Waals surface area contributed by atoms with Crippen LogP contribution in [0.4, 0.5) is 11.4 Å². The fourth-order valence-electron chi connectivity index (χ4n) is 3.05. The summed E-state index contributed by atoms with van der Waals surface area (Å²) in [6.07, 6.45) is 0.718. The van der Waals surface area contributed by atoms with Gasteiger partial charge in [-0.15, -0.1) is 0 Å². The highest BCUT2D eigenvalue weighted by Crippen LogP contribution is 2.32. The van der Waals surface area contributed by atoms with E-state index in [1.165, 1.54) is 6.07 Å². The predicted octanol–water partition coefficient (Wildman–Crippen LogP) is 3.38. The average molecular weight is 375 g/mol. The lowest BCUT2D eigenvalue weighted by molar-refractivity contribution is -0.385. The Bertz CT molecular complexity index is 899. The van der Waals surface area contributed by atoms with E-state index in [9.17, 15) is 19.7 Å². The van der Waals surface area contributed by atoms with Crippen LogP contribution in [-0.2, 0) is 16.0 Å². The number of fused-ring (bicyclic) bond motifs is 1. The highest BCUT2D eigenvalue weighted by molar-refractivity contribution is 6.31. The van der Waals surface area contributed by atoms with Crippen molar-refractivity contribution >= 4 is 34.9 Å². The summed E-state index contributed by atoms with van der Waals surface area (Å²) in [6, 6.07) is 11.0. The summed E-state index contributed by atoms with van der Waals surface area (Å²) in [5.41, 5.74) is 1.12. The Morgan fingerprint density at radius 2 is 2.04 bits per heavy atom. The highest BCUT2D eigenvalue weighted by atomic mass is 35.5. The molecule has 2 aromatic rings. The molecule has 2 aromatic carbocycles. The van der Waals surface area contributed by atoms with Crippen molar-refractivity contribution in [2.75, 3.05) is 11.5 Å². The molecule has 0 saturated heterocycles. The van der Waals surface area contributed by atoms with Gasteiger partial charge in [0.25, 0.3) is 11.6 Å². The van der Waals surface area contributed by atoms with E-state index in [-0.39, 0.29) is 22.5 Å². The third-order valence-corrected chi connectivity index (χ3v) is 4.41. The van der Waals surface area contributed by atoms with Crippen LogP contribution in [0.3, 0.4) is 0 Å². The van der Waals surface area contributed by atoms with E-state index in [0.29, 0.717) is 0 Å². The number of esters is 1. The molecule has 1 aliphatic heterocycles. The number of hydrogen-bond acceptors (Lipinski definition) is 5. The van der Waals surface area contributed by atoms with Crippen molar-refractivity contribution in [3.05, 3.63) is 68.7 Å². The molecule has 3 rings (SSSR count). The number of nitro benzene ring substituents is 1. The van der Waals surface area contributed by atoms with Gasteiger partial charge in [0.1, 0.15) is 5.56 Å². The topological polar surface area (TPSA) is 89.8 Å². The van der Waals surface area contributed by atoms with Gasteiger partial charge in [-0.25, -0.2) is 4.79 Å². The van der Waals surface area contributed by atoms with E-state index in [4.69, 9.17) is 16.3 Å². The van der Waals surface area contributed by atoms with E-state index >= 15 is 0 Å². The largest absolute Gasteiger partial charge is 0.452 e. The summed E-state index contributed by atoms with van der Waals surface area (Å²) in [4.78, 5) is 36.7. The molecule has 0 aliphatic carbocycles. The number of nitro groups is 1. The van der Waals surface area contributed by atoms with Gasteiger partial charge in [0.05, 0.1) is 4.92 Å². The second-order valence-corrected chi connectivity index (χ2v) is 6.38. The average Bonchev–Trinajstić information content (AvgIpc) is 2.94. The number of amides is 1. The minimum atomic E-state index is -0.965. The zero-order chi connectivity index (χ0) is 18.8. The molecule has 0 radical (unpaired) electrons. The van der Waals surface area contributed by atoms with Gasteiger partial charge in [0, 0.05) is 22.8 Å². The van der Waals surface area contributed by atoms with Crippen LogP contribution in [0.1, 0.15) is 22.8 Å². The second-order valence-electron chi connectivity index (χ2n) is 5.94. The molecular formula is C18H15ClN2O5. The number of hydrogen-bond donors (Lipinski definition) is 0. The molecule has 0 aromatic heterocycles. The molecular weight excluding hydrogens is 360 g/mol. The molecule has 0 unspecified atom stereocenters. The summed E-state index contributed by atoms with van der Waals surface area (Å²) < 4.78 is 5.02. The standard InChI is InChI=1S/C18H15ClN2O5/c1-11-8-12-4-2-3-5-15(12)20(11)17(22)10-26-18(23)14-9-13(19)6-7-16(14)21(24)25/h2-7,9,11H,8,10H2,1H3/t11-/m1/s1. The minimum Gasteiger partial charge on any atom is -0.452 e. The SMILES string of the molecule is C[C@@H]1Cc2ccccc2N1C(=O)COC(=O)c1cc(Cl)ccc1[N+](=O)[O-]. The van der Waals surface area contributed by atoms with Crippen molar-refractivity contribution in [3.8, 4) is 0 Å². The predicted molar refractivity (Wildman–Crippen MR) is 95.5 cm³/mol. The molecule has 0 bridgehead atoms. The van der Waals surface area contributed by atoms with Crippen molar-refractivity contribution in [3.63, 3.8) is 0 Å². The van der Waals surface area contributed by atoms with Crippen LogP contribution in [0.2, 0.25) is 5.02 Å². The summed E-state index contributed by atoms with van der Waals surface area (Å²) in [7, 11) is 0. The van der Waals surface area contributed by atoms with Gasteiger partial charge in [0.15, 0.2) is 6.61 Å². The number of benzene rings is 2. The molecule has 26 heavy (non-hydrogen) atoms. The van der Waals surface area contributed by atoms with Gasteiger partial charge in [-0.1, -0.05) is 29.8 Å². The lowest BCUT2D eigenvalue weighted by atomic mass is 10.1. The third-order valence-electron chi connectivity index (χ3n) is 4.18. The Morgan fingerprint density at radius 3 is 2.77 bits per heavy atom. The molecule has 0 N–H and O–H groups in total. The first-order valence-corrected chi connectivity index (χ1v) is 8.27. The number of rotatable bonds is 4.